The van der Waals surface area contributed by atoms with E-state index in [2.05, 4.69) is 10.1 Å². The maximum atomic E-state index is 12.5. The molecule has 0 aliphatic heterocycles. The summed E-state index contributed by atoms with van der Waals surface area (Å²) in [7, 11) is 2.92. The van der Waals surface area contributed by atoms with Gasteiger partial charge >= 0.3 is 12.0 Å². The van der Waals surface area contributed by atoms with E-state index in [4.69, 9.17) is 13.9 Å². The molecular formula is C21H18F3NO6. The third-order valence-electron chi connectivity index (χ3n) is 4.48. The highest BCUT2D eigenvalue weighted by Crippen LogP contribution is 2.34. The number of aryl methyl sites for hydroxylation is 1. The summed E-state index contributed by atoms with van der Waals surface area (Å²) in [6.45, 7) is 1.67. The molecule has 0 radical (unpaired) electrons. The number of rotatable bonds is 6. The van der Waals surface area contributed by atoms with Gasteiger partial charge in [0.25, 0.3) is 0 Å². The Morgan fingerprint density at radius 1 is 1.06 bits per heavy atom. The van der Waals surface area contributed by atoms with Crippen LogP contribution in [0.1, 0.15) is 11.1 Å². The monoisotopic (exact) mass is 437 g/mol. The molecule has 1 amide bonds. The fourth-order valence-electron chi connectivity index (χ4n) is 3.07. The molecule has 0 fully saturated rings. The number of fused-ring (bicyclic) bond motifs is 1. The number of nitrogens with one attached hydrogen (secondary N) is 1. The third kappa shape index (κ3) is 5.08. The summed E-state index contributed by atoms with van der Waals surface area (Å²) in [6, 6.07) is 7.81. The first-order chi connectivity index (χ1) is 14.6. The van der Waals surface area contributed by atoms with Gasteiger partial charge in [0.05, 0.1) is 31.6 Å². The van der Waals surface area contributed by atoms with Gasteiger partial charge in [0, 0.05) is 17.8 Å². The zero-order chi connectivity index (χ0) is 22.8. The molecule has 0 aliphatic rings. The van der Waals surface area contributed by atoms with E-state index < -0.39 is 23.6 Å². The first-order valence-corrected chi connectivity index (χ1v) is 8.95. The molecule has 0 aliphatic carbocycles. The Labute approximate surface area is 174 Å². The van der Waals surface area contributed by atoms with Gasteiger partial charge in [-0.1, -0.05) is 0 Å². The van der Waals surface area contributed by atoms with Crippen LogP contribution in [-0.2, 0) is 11.2 Å². The Balaban J connectivity index is 1.84. The first kappa shape index (κ1) is 22.0. The smallest absolute Gasteiger partial charge is 0.496 e. The summed E-state index contributed by atoms with van der Waals surface area (Å²) >= 11 is 0. The molecule has 31 heavy (non-hydrogen) atoms. The van der Waals surface area contributed by atoms with Crippen molar-refractivity contribution in [2.24, 2.45) is 0 Å². The fraction of sp³-hybridized carbons (Fsp3) is 0.238. The van der Waals surface area contributed by atoms with Crippen molar-refractivity contribution in [3.05, 3.63) is 57.9 Å². The van der Waals surface area contributed by atoms with E-state index in [0.717, 1.165) is 12.1 Å². The van der Waals surface area contributed by atoms with E-state index in [9.17, 15) is 22.8 Å². The van der Waals surface area contributed by atoms with E-state index in [-0.39, 0.29) is 23.3 Å². The average molecular weight is 437 g/mol. The molecule has 0 spiro atoms. The molecule has 10 heteroatoms. The van der Waals surface area contributed by atoms with Gasteiger partial charge in [-0.15, -0.1) is 13.2 Å². The zero-order valence-corrected chi connectivity index (χ0v) is 16.8. The van der Waals surface area contributed by atoms with Gasteiger partial charge in [-0.2, -0.15) is 0 Å². The summed E-state index contributed by atoms with van der Waals surface area (Å²) in [5.74, 6) is -0.112. The lowest BCUT2D eigenvalue weighted by Crippen LogP contribution is -2.21. The number of methoxy groups -OCH3 is 2. The van der Waals surface area contributed by atoms with Crippen LogP contribution in [0, 0.1) is 6.92 Å². The maximum absolute atomic E-state index is 12.5. The number of hydrogen-bond donors (Lipinski definition) is 1. The Kier molecular flexibility index (Phi) is 6.09. The summed E-state index contributed by atoms with van der Waals surface area (Å²) < 4.78 is 56.3. The second-order valence-corrected chi connectivity index (χ2v) is 6.49. The number of carbonyl (C=O) groups excluding carboxylic acids is 1. The number of benzene rings is 2. The van der Waals surface area contributed by atoms with Crippen molar-refractivity contribution in [2.45, 2.75) is 19.7 Å². The van der Waals surface area contributed by atoms with Crippen LogP contribution in [0.3, 0.4) is 0 Å². The molecule has 0 saturated carbocycles. The van der Waals surface area contributed by atoms with Crippen molar-refractivity contribution in [1.82, 2.24) is 0 Å². The first-order valence-electron chi connectivity index (χ1n) is 8.95. The summed E-state index contributed by atoms with van der Waals surface area (Å²) in [5, 5.41) is 3.05. The molecule has 1 aromatic heterocycles. The quantitative estimate of drug-likeness (QED) is 0.582. The number of ether oxygens (including phenoxy) is 3. The van der Waals surface area contributed by atoms with Gasteiger partial charge in [0.15, 0.2) is 0 Å². The van der Waals surface area contributed by atoms with Crippen molar-refractivity contribution in [2.75, 3.05) is 19.5 Å². The SMILES string of the molecule is COc1cc(OC)c2c(C)c(CC(=O)Nc3ccc(OC(F)(F)F)cc3)c(=O)oc2c1. The minimum atomic E-state index is -4.81. The molecule has 3 rings (SSSR count). The highest BCUT2D eigenvalue weighted by molar-refractivity contribution is 5.94. The summed E-state index contributed by atoms with van der Waals surface area (Å²) in [4.78, 5) is 24.9. The van der Waals surface area contributed by atoms with Crippen LogP contribution in [-0.4, -0.2) is 26.5 Å². The molecular weight excluding hydrogens is 419 g/mol. The zero-order valence-electron chi connectivity index (χ0n) is 16.8. The van der Waals surface area contributed by atoms with Gasteiger partial charge in [0.1, 0.15) is 22.8 Å². The Morgan fingerprint density at radius 3 is 2.32 bits per heavy atom. The molecule has 1 heterocycles. The summed E-state index contributed by atoms with van der Waals surface area (Å²) in [5.41, 5.74) is 0.442. The number of alkyl halides is 3. The van der Waals surface area contributed by atoms with E-state index >= 15 is 0 Å². The molecule has 0 unspecified atom stereocenters. The van der Waals surface area contributed by atoms with Crippen LogP contribution in [0.5, 0.6) is 17.2 Å². The van der Waals surface area contributed by atoms with Gasteiger partial charge in [-0.3, -0.25) is 4.79 Å². The van der Waals surface area contributed by atoms with Crippen molar-refractivity contribution in [1.29, 1.82) is 0 Å². The molecule has 7 nitrogen and oxygen atoms in total. The van der Waals surface area contributed by atoms with E-state index in [1.807, 2.05) is 0 Å². The molecule has 0 bridgehead atoms. The van der Waals surface area contributed by atoms with Crippen LogP contribution in [0.25, 0.3) is 11.0 Å². The number of carbonyl (C=O) groups is 1. The number of anilines is 1. The maximum Gasteiger partial charge on any atom is 0.573 e. The Bertz CT molecular complexity index is 1170. The fourth-order valence-corrected chi connectivity index (χ4v) is 3.07. The van der Waals surface area contributed by atoms with E-state index in [1.54, 1.807) is 19.1 Å². The van der Waals surface area contributed by atoms with Crippen LogP contribution in [0.4, 0.5) is 18.9 Å². The van der Waals surface area contributed by atoms with E-state index in [1.165, 1.54) is 26.4 Å². The van der Waals surface area contributed by atoms with Crippen LogP contribution in [0.15, 0.2) is 45.6 Å². The molecule has 3 aromatic rings. The predicted molar refractivity (Wildman–Crippen MR) is 106 cm³/mol. The van der Waals surface area contributed by atoms with Gasteiger partial charge in [-0.25, -0.2) is 4.79 Å². The minimum Gasteiger partial charge on any atom is -0.496 e. The molecule has 1 N–H and O–H groups in total. The lowest BCUT2D eigenvalue weighted by Gasteiger charge is -2.13. The third-order valence-corrected chi connectivity index (χ3v) is 4.48. The van der Waals surface area contributed by atoms with Crippen LogP contribution < -0.4 is 25.2 Å². The highest BCUT2D eigenvalue weighted by Gasteiger charge is 2.31. The number of halogens is 3. The van der Waals surface area contributed by atoms with Gasteiger partial charge in [-0.05, 0) is 36.8 Å². The molecule has 0 atom stereocenters. The standard InChI is InChI=1S/C21H18F3NO6/c1-11-15(20(27)30-17-9-14(28-2)8-16(29-3)19(11)17)10-18(26)25-12-4-6-13(7-5-12)31-21(22,23)24/h4-9H,10H2,1-3H3,(H,25,26). The highest BCUT2D eigenvalue weighted by atomic mass is 19.4. The second kappa shape index (κ2) is 8.58. The van der Waals surface area contributed by atoms with Crippen molar-refractivity contribution in [3.63, 3.8) is 0 Å². The number of amides is 1. The lowest BCUT2D eigenvalue weighted by atomic mass is 10.0. The minimum absolute atomic E-state index is 0.130. The normalized spacial score (nSPS) is 11.3. The molecule has 164 valence electrons. The van der Waals surface area contributed by atoms with E-state index in [0.29, 0.717) is 22.4 Å². The van der Waals surface area contributed by atoms with Crippen molar-refractivity contribution < 1.29 is 36.6 Å². The molecule has 2 aromatic carbocycles. The predicted octanol–water partition coefficient (Wildman–Crippen LogP) is 4.20. The van der Waals surface area contributed by atoms with Crippen molar-refractivity contribution >= 4 is 22.6 Å². The van der Waals surface area contributed by atoms with Gasteiger partial charge in [0.2, 0.25) is 5.91 Å². The Hall–Kier alpha value is -3.69. The lowest BCUT2D eigenvalue weighted by molar-refractivity contribution is -0.274. The largest absolute Gasteiger partial charge is 0.573 e. The van der Waals surface area contributed by atoms with Crippen LogP contribution in [0.2, 0.25) is 0 Å². The average Bonchev–Trinajstić information content (AvgIpc) is 2.70. The molecule has 0 saturated heterocycles. The summed E-state index contributed by atoms with van der Waals surface area (Å²) in [6.07, 6.45) is -5.11. The second-order valence-electron chi connectivity index (χ2n) is 6.49. The Morgan fingerprint density at radius 2 is 1.74 bits per heavy atom. The van der Waals surface area contributed by atoms with Crippen molar-refractivity contribution in [3.8, 4) is 17.2 Å². The van der Waals surface area contributed by atoms with Crippen LogP contribution >= 0.6 is 0 Å². The van der Waals surface area contributed by atoms with Gasteiger partial charge < -0.3 is 23.9 Å². The topological polar surface area (TPSA) is 87.0 Å². The number of hydrogen-bond acceptors (Lipinski definition) is 6.